The highest BCUT2D eigenvalue weighted by molar-refractivity contribution is 6.00. The van der Waals surface area contributed by atoms with E-state index in [2.05, 4.69) is 34.7 Å². The molecule has 0 amide bonds. The quantitative estimate of drug-likeness (QED) is 0.655. The molecule has 2 aliphatic rings. The Morgan fingerprint density at radius 1 is 1.12 bits per heavy atom. The molecule has 1 N–H and O–H groups in total. The van der Waals surface area contributed by atoms with Gasteiger partial charge in [-0.25, -0.2) is 0 Å². The van der Waals surface area contributed by atoms with Crippen LogP contribution in [0.2, 0.25) is 0 Å². The molecule has 1 unspecified atom stereocenters. The third-order valence-corrected chi connectivity index (χ3v) is 5.93. The molecule has 0 bridgehead atoms. The highest BCUT2D eigenvalue weighted by Gasteiger charge is 2.42. The van der Waals surface area contributed by atoms with Gasteiger partial charge in [0.1, 0.15) is 12.6 Å². The lowest BCUT2D eigenvalue weighted by Crippen LogP contribution is -2.36. The Bertz CT molecular complexity index is 1200. The molecule has 0 fully saturated rings. The Labute approximate surface area is 186 Å². The number of fused-ring (bicyclic) bond motifs is 1. The minimum atomic E-state index is -0.420. The van der Waals surface area contributed by atoms with Gasteiger partial charge < -0.3 is 14.8 Å². The summed E-state index contributed by atoms with van der Waals surface area (Å²) in [6.07, 6.45) is 1.24. The lowest BCUT2D eigenvalue weighted by atomic mass is 9.73. The molecule has 164 valence electrons. The average Bonchev–Trinajstić information content (AvgIpc) is 3.24. The topological polar surface area (TPSA) is 91.2 Å². The van der Waals surface area contributed by atoms with Gasteiger partial charge in [0.2, 0.25) is 5.95 Å². The van der Waals surface area contributed by atoms with Crippen molar-refractivity contribution < 1.29 is 14.3 Å². The molecule has 5 rings (SSSR count). The zero-order valence-corrected chi connectivity index (χ0v) is 18.3. The molecule has 1 aromatic heterocycles. The first-order valence-electron chi connectivity index (χ1n) is 10.6. The van der Waals surface area contributed by atoms with Crippen LogP contribution in [-0.2, 0) is 11.4 Å². The van der Waals surface area contributed by atoms with Gasteiger partial charge in [-0.3, -0.25) is 4.79 Å². The Hall–Kier alpha value is -3.68. The molecule has 2 heterocycles. The fourth-order valence-corrected chi connectivity index (χ4v) is 4.49. The van der Waals surface area contributed by atoms with Crippen molar-refractivity contribution in [3.63, 3.8) is 0 Å². The molecule has 8 nitrogen and oxygen atoms in total. The van der Waals surface area contributed by atoms with Gasteiger partial charge in [0.15, 0.2) is 17.3 Å². The van der Waals surface area contributed by atoms with Crippen LogP contribution < -0.4 is 14.8 Å². The maximum Gasteiger partial charge on any atom is 0.248 e. The number of aromatic nitrogens is 4. The van der Waals surface area contributed by atoms with Crippen LogP contribution in [0.4, 0.5) is 5.95 Å². The van der Waals surface area contributed by atoms with E-state index in [4.69, 9.17) is 9.47 Å². The number of ether oxygens (including phenoxy) is 2. The molecule has 0 spiro atoms. The largest absolute Gasteiger partial charge is 0.493 e. The molecule has 0 saturated carbocycles. The number of carbonyl (C=O) groups excluding carboxylic acids is 1. The van der Waals surface area contributed by atoms with Crippen molar-refractivity contribution in [1.29, 1.82) is 0 Å². The predicted molar refractivity (Wildman–Crippen MR) is 118 cm³/mol. The van der Waals surface area contributed by atoms with E-state index in [1.54, 1.807) is 11.8 Å². The summed E-state index contributed by atoms with van der Waals surface area (Å²) in [5.41, 5.74) is 3.42. The average molecular weight is 431 g/mol. The van der Waals surface area contributed by atoms with Gasteiger partial charge in [0, 0.05) is 17.7 Å². The highest BCUT2D eigenvalue weighted by atomic mass is 16.5. The van der Waals surface area contributed by atoms with E-state index < -0.39 is 6.04 Å². The number of rotatable bonds is 5. The van der Waals surface area contributed by atoms with Gasteiger partial charge in [-0.1, -0.05) is 55.3 Å². The highest BCUT2D eigenvalue weighted by Crippen LogP contribution is 2.46. The first kappa shape index (κ1) is 20.2. The van der Waals surface area contributed by atoms with E-state index in [0.717, 1.165) is 23.2 Å². The third-order valence-electron chi connectivity index (χ3n) is 5.93. The summed E-state index contributed by atoms with van der Waals surface area (Å²) < 4.78 is 13.3. The van der Waals surface area contributed by atoms with E-state index in [9.17, 15) is 4.79 Å². The third kappa shape index (κ3) is 3.62. The first-order valence-corrected chi connectivity index (χ1v) is 10.6. The number of hydrogen-bond acceptors (Lipinski definition) is 7. The van der Waals surface area contributed by atoms with E-state index in [0.29, 0.717) is 36.0 Å². The zero-order chi connectivity index (χ0) is 22.3. The van der Waals surface area contributed by atoms with E-state index >= 15 is 0 Å². The molecule has 8 heteroatoms. The number of tetrazole rings is 1. The van der Waals surface area contributed by atoms with E-state index in [1.165, 1.54) is 0 Å². The van der Waals surface area contributed by atoms with Crippen molar-refractivity contribution in [2.45, 2.75) is 39.3 Å². The zero-order valence-electron chi connectivity index (χ0n) is 18.3. The second kappa shape index (κ2) is 7.78. The number of nitrogens with zero attached hydrogens (tertiary/aromatic N) is 4. The van der Waals surface area contributed by atoms with Gasteiger partial charge in [-0.15, -0.1) is 0 Å². The standard InChI is InChI=1S/C24H25N5O3/c1-24(2)12-17-21(18(30)13-24)22(29-23(25-17)26-27-28-29)16-9-10-19(20(11-16)31-3)32-14-15-7-5-4-6-8-15/h4-11,22H,12-14H2,1-3H3,(H,25,26,28). The number of carbonyl (C=O) groups is 1. The van der Waals surface area contributed by atoms with Crippen molar-refractivity contribution >= 4 is 11.7 Å². The van der Waals surface area contributed by atoms with Gasteiger partial charge in [-0.05, 0) is 45.5 Å². The van der Waals surface area contributed by atoms with E-state index in [1.807, 2.05) is 48.5 Å². The Morgan fingerprint density at radius 3 is 2.72 bits per heavy atom. The monoisotopic (exact) mass is 431 g/mol. The second-order valence-corrected chi connectivity index (χ2v) is 8.99. The molecule has 0 radical (unpaired) electrons. The summed E-state index contributed by atoms with van der Waals surface area (Å²) in [5, 5.41) is 15.4. The van der Waals surface area contributed by atoms with Gasteiger partial charge >= 0.3 is 0 Å². The fraction of sp³-hybridized carbons (Fsp3) is 0.333. The van der Waals surface area contributed by atoms with Gasteiger partial charge in [0.05, 0.1) is 7.11 Å². The van der Waals surface area contributed by atoms with Gasteiger partial charge in [-0.2, -0.15) is 4.68 Å². The van der Waals surface area contributed by atoms with Crippen molar-refractivity contribution in [3.05, 3.63) is 70.9 Å². The number of anilines is 1. The molecule has 2 aromatic carbocycles. The molecule has 32 heavy (non-hydrogen) atoms. The minimum Gasteiger partial charge on any atom is -0.493 e. The number of hydrogen-bond donors (Lipinski definition) is 1. The molecule has 1 aliphatic heterocycles. The van der Waals surface area contributed by atoms with Crippen LogP contribution in [0.3, 0.4) is 0 Å². The number of methoxy groups -OCH3 is 1. The minimum absolute atomic E-state index is 0.110. The van der Waals surface area contributed by atoms with Crippen LogP contribution in [0.1, 0.15) is 43.9 Å². The molecule has 3 aromatic rings. The summed E-state index contributed by atoms with van der Waals surface area (Å²) in [5.74, 6) is 1.87. The van der Waals surface area contributed by atoms with Gasteiger partial charge in [0.25, 0.3) is 0 Å². The summed E-state index contributed by atoms with van der Waals surface area (Å²) >= 11 is 0. The molecule has 1 atom stereocenters. The first-order chi connectivity index (χ1) is 15.4. The lowest BCUT2D eigenvalue weighted by Gasteiger charge is -2.37. The number of nitrogens with one attached hydrogen (secondary N) is 1. The van der Waals surface area contributed by atoms with Crippen molar-refractivity contribution in [2.24, 2.45) is 5.41 Å². The van der Waals surface area contributed by atoms with Crippen molar-refractivity contribution in [3.8, 4) is 11.5 Å². The number of ketones is 1. The maximum atomic E-state index is 13.2. The Balaban J connectivity index is 1.52. The fourth-order valence-electron chi connectivity index (χ4n) is 4.49. The van der Waals surface area contributed by atoms with E-state index in [-0.39, 0.29) is 11.2 Å². The van der Waals surface area contributed by atoms with Crippen LogP contribution in [0.5, 0.6) is 11.5 Å². The van der Waals surface area contributed by atoms with Crippen LogP contribution in [-0.4, -0.2) is 33.1 Å². The number of benzene rings is 2. The Morgan fingerprint density at radius 2 is 1.94 bits per heavy atom. The summed E-state index contributed by atoms with van der Waals surface area (Å²) in [6, 6.07) is 15.3. The lowest BCUT2D eigenvalue weighted by molar-refractivity contribution is -0.118. The number of allylic oxidation sites excluding steroid dienone is 2. The second-order valence-electron chi connectivity index (χ2n) is 8.99. The van der Waals surface area contributed by atoms with Crippen molar-refractivity contribution in [1.82, 2.24) is 20.2 Å². The summed E-state index contributed by atoms with van der Waals surface area (Å²) in [4.78, 5) is 13.2. The normalized spacial score (nSPS) is 19.1. The summed E-state index contributed by atoms with van der Waals surface area (Å²) in [7, 11) is 1.61. The smallest absolute Gasteiger partial charge is 0.248 e. The molecular weight excluding hydrogens is 406 g/mol. The maximum absolute atomic E-state index is 13.2. The Kier molecular flexibility index (Phi) is 4.92. The van der Waals surface area contributed by atoms with Crippen LogP contribution in [0, 0.1) is 5.41 Å². The number of Topliss-reactive ketones (excluding diaryl/α,β-unsaturated/α-hetero) is 1. The molecular formula is C24H25N5O3. The summed E-state index contributed by atoms with van der Waals surface area (Å²) in [6.45, 7) is 4.64. The predicted octanol–water partition coefficient (Wildman–Crippen LogP) is 3.92. The van der Waals surface area contributed by atoms with Crippen LogP contribution in [0.25, 0.3) is 0 Å². The molecule has 0 saturated heterocycles. The van der Waals surface area contributed by atoms with Crippen LogP contribution in [0.15, 0.2) is 59.8 Å². The van der Waals surface area contributed by atoms with Crippen molar-refractivity contribution in [2.75, 3.05) is 12.4 Å². The van der Waals surface area contributed by atoms with Crippen LogP contribution >= 0.6 is 0 Å². The SMILES string of the molecule is COc1cc(C2C3=C(CC(C)(C)CC3=O)Nc3nnnn32)ccc1OCc1ccccc1. The molecule has 1 aliphatic carbocycles.